The predicted molar refractivity (Wildman–Crippen MR) is 109 cm³/mol. The van der Waals surface area contributed by atoms with Crippen LogP contribution in [0.3, 0.4) is 0 Å². The fourth-order valence-electron chi connectivity index (χ4n) is 3.63. The van der Waals surface area contributed by atoms with Gasteiger partial charge in [0.25, 0.3) is 5.91 Å². The maximum Gasteiger partial charge on any atom is 0.279 e. The van der Waals surface area contributed by atoms with Crippen molar-refractivity contribution < 1.29 is 28.8 Å². The maximum atomic E-state index is 12.4. The molecular formula is C21H26ClN3O4+2. The molecule has 1 amide bonds. The molecular weight excluding hydrogens is 394 g/mol. The molecule has 2 aliphatic rings. The molecule has 0 spiro atoms. The minimum absolute atomic E-state index is 0.0217. The summed E-state index contributed by atoms with van der Waals surface area (Å²) < 4.78 is 16.4. The predicted octanol–water partition coefficient (Wildman–Crippen LogP) is -0.130. The lowest BCUT2D eigenvalue weighted by Crippen LogP contribution is -3.28. The van der Waals surface area contributed by atoms with E-state index in [1.807, 2.05) is 36.4 Å². The summed E-state index contributed by atoms with van der Waals surface area (Å²) in [7, 11) is 0. The van der Waals surface area contributed by atoms with Crippen molar-refractivity contribution in [2.75, 3.05) is 58.0 Å². The molecule has 1 fully saturated rings. The topological polar surface area (TPSA) is 65.7 Å². The van der Waals surface area contributed by atoms with Crippen LogP contribution in [0, 0.1) is 0 Å². The molecule has 0 bridgehead atoms. The third kappa shape index (κ3) is 5.53. The number of hydrogen-bond donors (Lipinski definition) is 3. The number of nitrogens with one attached hydrogen (secondary N) is 3. The van der Waals surface area contributed by atoms with Crippen LogP contribution < -0.4 is 29.3 Å². The molecule has 3 N–H and O–H groups in total. The highest BCUT2D eigenvalue weighted by atomic mass is 35.5. The van der Waals surface area contributed by atoms with E-state index in [1.165, 1.54) is 9.80 Å². The number of benzene rings is 2. The summed E-state index contributed by atoms with van der Waals surface area (Å²) >= 11 is 5.88. The van der Waals surface area contributed by atoms with Crippen LogP contribution in [0.5, 0.6) is 17.2 Å². The van der Waals surface area contributed by atoms with Gasteiger partial charge in [0.1, 0.15) is 45.1 Å². The fourth-order valence-corrected chi connectivity index (χ4v) is 3.76. The van der Waals surface area contributed by atoms with Crippen molar-refractivity contribution in [3.05, 3.63) is 47.5 Å². The molecule has 29 heavy (non-hydrogen) atoms. The van der Waals surface area contributed by atoms with Gasteiger partial charge in [-0.1, -0.05) is 11.6 Å². The number of carbonyl (C=O) groups excluding carboxylic acids is 1. The Kier molecular flexibility index (Phi) is 6.39. The first-order valence-electron chi connectivity index (χ1n) is 9.91. The van der Waals surface area contributed by atoms with Crippen LogP contribution in [0.25, 0.3) is 0 Å². The summed E-state index contributed by atoms with van der Waals surface area (Å²) in [6.45, 7) is 6.37. The SMILES string of the molecule is O=C(C[NH+]1CC[NH+](CCOc2ccc(Cl)cc2)CC1)Nc1ccc2c(c1)OCO2. The van der Waals surface area contributed by atoms with Gasteiger partial charge in [0.05, 0.1) is 0 Å². The van der Waals surface area contributed by atoms with Gasteiger partial charge in [-0.3, -0.25) is 4.79 Å². The lowest BCUT2D eigenvalue weighted by Gasteiger charge is -2.29. The number of carbonyl (C=O) groups is 1. The minimum atomic E-state index is 0.0217. The second-order valence-electron chi connectivity index (χ2n) is 7.35. The molecule has 0 aliphatic carbocycles. The molecule has 0 atom stereocenters. The van der Waals surface area contributed by atoms with Crippen LogP contribution in [0.2, 0.25) is 5.02 Å². The molecule has 8 heteroatoms. The summed E-state index contributed by atoms with van der Waals surface area (Å²) in [6, 6.07) is 12.9. The summed E-state index contributed by atoms with van der Waals surface area (Å²) in [5.74, 6) is 2.26. The molecule has 0 radical (unpaired) electrons. The van der Waals surface area contributed by atoms with Gasteiger partial charge in [0.2, 0.25) is 6.79 Å². The van der Waals surface area contributed by atoms with Gasteiger partial charge in [-0.25, -0.2) is 0 Å². The lowest BCUT2D eigenvalue weighted by atomic mass is 10.2. The lowest BCUT2D eigenvalue weighted by molar-refractivity contribution is -1.01. The molecule has 0 unspecified atom stereocenters. The van der Waals surface area contributed by atoms with Crippen LogP contribution in [-0.4, -0.2) is 58.6 Å². The standard InChI is InChI=1S/C21H24ClN3O4/c22-16-1-4-18(5-2-16)27-12-11-24-7-9-25(10-8-24)14-21(26)23-17-3-6-19-20(13-17)29-15-28-19/h1-6,13H,7-12,14-15H2,(H,23,26)/p+2. The second-order valence-corrected chi connectivity index (χ2v) is 7.78. The van der Waals surface area contributed by atoms with Crippen molar-refractivity contribution in [2.45, 2.75) is 0 Å². The molecule has 154 valence electrons. The van der Waals surface area contributed by atoms with E-state index in [2.05, 4.69) is 5.32 Å². The van der Waals surface area contributed by atoms with E-state index in [0.29, 0.717) is 29.7 Å². The van der Waals surface area contributed by atoms with Crippen LogP contribution >= 0.6 is 11.6 Å². The van der Waals surface area contributed by atoms with E-state index in [0.717, 1.165) is 44.2 Å². The highest BCUT2D eigenvalue weighted by Gasteiger charge is 2.25. The quantitative estimate of drug-likeness (QED) is 0.585. The van der Waals surface area contributed by atoms with Gasteiger partial charge < -0.3 is 29.3 Å². The number of amides is 1. The number of piperazine rings is 1. The van der Waals surface area contributed by atoms with Crippen molar-refractivity contribution >= 4 is 23.2 Å². The molecule has 7 nitrogen and oxygen atoms in total. The number of ether oxygens (including phenoxy) is 3. The van der Waals surface area contributed by atoms with E-state index in [1.54, 1.807) is 6.07 Å². The van der Waals surface area contributed by atoms with Crippen LogP contribution in [0.1, 0.15) is 0 Å². The van der Waals surface area contributed by atoms with Gasteiger partial charge in [0.15, 0.2) is 18.0 Å². The number of fused-ring (bicyclic) bond motifs is 1. The van der Waals surface area contributed by atoms with Gasteiger partial charge in [-0.2, -0.15) is 0 Å². The first kappa shape index (κ1) is 19.8. The van der Waals surface area contributed by atoms with Gasteiger partial charge in [0, 0.05) is 16.8 Å². The largest absolute Gasteiger partial charge is 0.488 e. The van der Waals surface area contributed by atoms with E-state index in [4.69, 9.17) is 25.8 Å². The Bertz CT molecular complexity index is 838. The molecule has 0 saturated carbocycles. The molecule has 4 rings (SSSR count). The first-order chi connectivity index (χ1) is 14.2. The zero-order valence-electron chi connectivity index (χ0n) is 16.2. The number of anilines is 1. The fraction of sp³-hybridized carbons (Fsp3) is 0.381. The average molecular weight is 420 g/mol. The highest BCUT2D eigenvalue weighted by molar-refractivity contribution is 6.30. The Labute approximate surface area is 175 Å². The van der Waals surface area contributed by atoms with Gasteiger partial charge in [-0.15, -0.1) is 0 Å². The Morgan fingerprint density at radius 1 is 1.00 bits per heavy atom. The molecule has 1 saturated heterocycles. The van der Waals surface area contributed by atoms with Crippen molar-refractivity contribution in [3.8, 4) is 17.2 Å². The Morgan fingerprint density at radius 2 is 1.72 bits per heavy atom. The Hall–Kier alpha value is -2.48. The summed E-state index contributed by atoms with van der Waals surface area (Å²) in [5.41, 5.74) is 0.738. The highest BCUT2D eigenvalue weighted by Crippen LogP contribution is 2.34. The van der Waals surface area contributed by atoms with E-state index >= 15 is 0 Å². The molecule has 2 aliphatic heterocycles. The monoisotopic (exact) mass is 419 g/mol. The van der Waals surface area contributed by atoms with Gasteiger partial charge >= 0.3 is 0 Å². The maximum absolute atomic E-state index is 12.4. The number of hydrogen-bond acceptors (Lipinski definition) is 4. The Morgan fingerprint density at radius 3 is 2.52 bits per heavy atom. The average Bonchev–Trinajstić information content (AvgIpc) is 3.19. The Balaban J connectivity index is 1.15. The molecule has 2 aromatic carbocycles. The van der Waals surface area contributed by atoms with Crippen LogP contribution in [0.4, 0.5) is 5.69 Å². The smallest absolute Gasteiger partial charge is 0.279 e. The summed E-state index contributed by atoms with van der Waals surface area (Å²) in [4.78, 5) is 15.2. The normalized spacial score (nSPS) is 20.3. The molecule has 2 heterocycles. The van der Waals surface area contributed by atoms with E-state index < -0.39 is 0 Å². The first-order valence-corrected chi connectivity index (χ1v) is 10.3. The van der Waals surface area contributed by atoms with E-state index in [-0.39, 0.29) is 12.7 Å². The third-order valence-corrected chi connectivity index (χ3v) is 5.52. The molecule has 2 aromatic rings. The van der Waals surface area contributed by atoms with Crippen molar-refractivity contribution in [2.24, 2.45) is 0 Å². The third-order valence-electron chi connectivity index (χ3n) is 5.27. The zero-order valence-corrected chi connectivity index (χ0v) is 17.0. The van der Waals surface area contributed by atoms with Gasteiger partial charge in [-0.05, 0) is 36.4 Å². The molecule has 0 aromatic heterocycles. The number of rotatable bonds is 7. The number of halogens is 1. The van der Waals surface area contributed by atoms with Crippen LogP contribution in [-0.2, 0) is 4.79 Å². The van der Waals surface area contributed by atoms with Crippen LogP contribution in [0.15, 0.2) is 42.5 Å². The summed E-state index contributed by atoms with van der Waals surface area (Å²) in [6.07, 6.45) is 0. The van der Waals surface area contributed by atoms with E-state index in [9.17, 15) is 4.79 Å². The van der Waals surface area contributed by atoms with Crippen molar-refractivity contribution in [1.82, 2.24) is 0 Å². The number of quaternary nitrogens is 2. The minimum Gasteiger partial charge on any atom is -0.488 e. The van der Waals surface area contributed by atoms with Crippen molar-refractivity contribution in [3.63, 3.8) is 0 Å². The zero-order chi connectivity index (χ0) is 20.1. The second kappa shape index (κ2) is 9.35. The summed E-state index contributed by atoms with van der Waals surface area (Å²) in [5, 5.41) is 3.67. The van der Waals surface area contributed by atoms with Crippen molar-refractivity contribution in [1.29, 1.82) is 0 Å².